The third-order valence-corrected chi connectivity index (χ3v) is 2.95. The van der Waals surface area contributed by atoms with E-state index in [0.29, 0.717) is 22.6 Å². The molecule has 0 unspecified atom stereocenters. The van der Waals surface area contributed by atoms with Crippen LogP contribution in [0.25, 0.3) is 0 Å². The van der Waals surface area contributed by atoms with Gasteiger partial charge in [0.15, 0.2) is 0 Å². The number of hydrogen-bond acceptors (Lipinski definition) is 5. The van der Waals surface area contributed by atoms with Crippen LogP contribution < -0.4 is 10.6 Å². The second-order valence-corrected chi connectivity index (χ2v) is 4.39. The van der Waals surface area contributed by atoms with E-state index in [4.69, 9.17) is 0 Å². The molecule has 0 bridgehead atoms. The van der Waals surface area contributed by atoms with Crippen LogP contribution in [0, 0.1) is 17.0 Å². The Bertz CT molecular complexity index is 683. The summed E-state index contributed by atoms with van der Waals surface area (Å²) in [5.41, 5.74) is 1.55. The maximum atomic E-state index is 12.1. The molecule has 0 radical (unpaired) electrons. The summed E-state index contributed by atoms with van der Waals surface area (Å²) in [6.45, 7) is 1.70. The average Bonchev–Trinajstić information content (AvgIpc) is 2.49. The third kappa shape index (κ3) is 3.33. The molecule has 1 aromatic carbocycles. The van der Waals surface area contributed by atoms with Gasteiger partial charge in [-0.1, -0.05) is 0 Å². The number of anilines is 2. The number of non-ortho nitro benzene ring substituents is 1. The first-order valence-electron chi connectivity index (χ1n) is 6.21. The molecule has 2 N–H and O–H groups in total. The van der Waals surface area contributed by atoms with E-state index in [1.54, 1.807) is 26.1 Å². The topological polar surface area (TPSA) is 97.2 Å². The predicted molar refractivity (Wildman–Crippen MR) is 79.6 cm³/mol. The molecule has 7 nitrogen and oxygen atoms in total. The summed E-state index contributed by atoms with van der Waals surface area (Å²) in [5, 5.41) is 16.2. The second-order valence-electron chi connectivity index (χ2n) is 4.39. The molecule has 108 valence electrons. The van der Waals surface area contributed by atoms with E-state index in [2.05, 4.69) is 15.6 Å². The fourth-order valence-corrected chi connectivity index (χ4v) is 1.77. The molecule has 0 spiro atoms. The van der Waals surface area contributed by atoms with Gasteiger partial charge in [0.2, 0.25) is 0 Å². The van der Waals surface area contributed by atoms with Crippen molar-refractivity contribution in [1.29, 1.82) is 0 Å². The van der Waals surface area contributed by atoms with E-state index in [0.717, 1.165) is 0 Å². The lowest BCUT2D eigenvalue weighted by Crippen LogP contribution is -2.13. The summed E-state index contributed by atoms with van der Waals surface area (Å²) >= 11 is 0. The molecule has 21 heavy (non-hydrogen) atoms. The number of carbonyl (C=O) groups is 1. The highest BCUT2D eigenvalue weighted by molar-refractivity contribution is 6.04. The number of hydrogen-bond donors (Lipinski definition) is 2. The normalized spacial score (nSPS) is 10.0. The Morgan fingerprint density at radius 2 is 2.05 bits per heavy atom. The molecule has 0 aliphatic rings. The van der Waals surface area contributed by atoms with Gasteiger partial charge in [0.25, 0.3) is 11.6 Å². The zero-order valence-corrected chi connectivity index (χ0v) is 11.6. The van der Waals surface area contributed by atoms with Crippen molar-refractivity contribution in [3.8, 4) is 0 Å². The van der Waals surface area contributed by atoms with Crippen molar-refractivity contribution < 1.29 is 9.72 Å². The van der Waals surface area contributed by atoms with E-state index >= 15 is 0 Å². The number of rotatable bonds is 4. The van der Waals surface area contributed by atoms with Crippen molar-refractivity contribution >= 4 is 23.1 Å². The van der Waals surface area contributed by atoms with Crippen molar-refractivity contribution in [3.63, 3.8) is 0 Å². The summed E-state index contributed by atoms with van der Waals surface area (Å²) < 4.78 is 0. The Morgan fingerprint density at radius 1 is 1.29 bits per heavy atom. The Labute approximate surface area is 121 Å². The molecule has 1 amide bonds. The standard InChI is InChI=1S/C14H14N4O3/c1-9-7-11(18(20)21)4-5-12(9)17-14(19)10-3-6-13(15-2)16-8-10/h3-8H,1-2H3,(H,15,16)(H,17,19). The molecule has 0 saturated heterocycles. The molecule has 2 rings (SSSR count). The number of nitro groups is 1. The molecule has 0 aliphatic heterocycles. The molecule has 0 fully saturated rings. The third-order valence-electron chi connectivity index (χ3n) is 2.95. The first kappa shape index (κ1) is 14.4. The number of pyridine rings is 1. The number of nitrogens with zero attached hydrogens (tertiary/aromatic N) is 2. The molecule has 2 aromatic rings. The van der Waals surface area contributed by atoms with Gasteiger partial charge in [-0.2, -0.15) is 0 Å². The lowest BCUT2D eigenvalue weighted by molar-refractivity contribution is -0.384. The quantitative estimate of drug-likeness (QED) is 0.665. The summed E-state index contributed by atoms with van der Waals surface area (Å²) in [5.74, 6) is 0.347. The van der Waals surface area contributed by atoms with Gasteiger partial charge in [-0.25, -0.2) is 4.98 Å². The molecule has 7 heteroatoms. The maximum Gasteiger partial charge on any atom is 0.269 e. The summed E-state index contributed by atoms with van der Waals surface area (Å²) in [4.78, 5) is 26.3. The number of aromatic nitrogens is 1. The lowest BCUT2D eigenvalue weighted by atomic mass is 10.1. The molecule has 0 atom stereocenters. The van der Waals surface area contributed by atoms with Crippen LogP contribution in [0.1, 0.15) is 15.9 Å². The van der Waals surface area contributed by atoms with Gasteiger partial charge in [0.05, 0.1) is 10.5 Å². The van der Waals surface area contributed by atoms with Crippen molar-refractivity contribution in [2.24, 2.45) is 0 Å². The summed E-state index contributed by atoms with van der Waals surface area (Å²) in [6.07, 6.45) is 1.46. The zero-order valence-electron chi connectivity index (χ0n) is 11.6. The van der Waals surface area contributed by atoms with Crippen molar-refractivity contribution in [2.45, 2.75) is 6.92 Å². The highest BCUT2D eigenvalue weighted by atomic mass is 16.6. The lowest BCUT2D eigenvalue weighted by Gasteiger charge is -2.08. The smallest absolute Gasteiger partial charge is 0.269 e. The first-order chi connectivity index (χ1) is 10.0. The second kappa shape index (κ2) is 6.00. The van der Waals surface area contributed by atoms with E-state index in [9.17, 15) is 14.9 Å². The Balaban J connectivity index is 2.17. The number of nitrogens with one attached hydrogen (secondary N) is 2. The first-order valence-corrected chi connectivity index (χ1v) is 6.21. The molecule has 1 heterocycles. The van der Waals surface area contributed by atoms with E-state index < -0.39 is 4.92 Å². The molecule has 1 aromatic heterocycles. The Morgan fingerprint density at radius 3 is 2.57 bits per heavy atom. The van der Waals surface area contributed by atoms with E-state index in [-0.39, 0.29) is 11.6 Å². The summed E-state index contributed by atoms with van der Waals surface area (Å²) in [7, 11) is 1.74. The molecular weight excluding hydrogens is 272 g/mol. The number of nitro benzene ring substituents is 1. The fourth-order valence-electron chi connectivity index (χ4n) is 1.77. The van der Waals surface area contributed by atoms with Gasteiger partial charge in [0, 0.05) is 31.1 Å². The SMILES string of the molecule is CNc1ccc(C(=O)Nc2ccc([N+](=O)[O-])cc2C)cn1. The minimum absolute atomic E-state index is 0.00876. The van der Waals surface area contributed by atoms with Crippen LogP contribution in [0.4, 0.5) is 17.2 Å². The predicted octanol–water partition coefficient (Wildman–Crippen LogP) is 2.59. The number of aryl methyl sites for hydroxylation is 1. The monoisotopic (exact) mass is 286 g/mol. The van der Waals surface area contributed by atoms with Gasteiger partial charge in [0.1, 0.15) is 5.82 Å². The van der Waals surface area contributed by atoms with Crippen LogP contribution in [0.3, 0.4) is 0 Å². The number of amides is 1. The molecule has 0 saturated carbocycles. The van der Waals surface area contributed by atoms with E-state index in [1.165, 1.54) is 24.4 Å². The van der Waals surface area contributed by atoms with Crippen LogP contribution in [-0.2, 0) is 0 Å². The van der Waals surface area contributed by atoms with Crippen LogP contribution in [0.15, 0.2) is 36.5 Å². The number of benzene rings is 1. The van der Waals surface area contributed by atoms with Crippen molar-refractivity contribution in [2.75, 3.05) is 17.7 Å². The van der Waals surface area contributed by atoms with E-state index in [1.807, 2.05) is 0 Å². The fraction of sp³-hybridized carbons (Fsp3) is 0.143. The van der Waals surface area contributed by atoms with Gasteiger partial charge >= 0.3 is 0 Å². The zero-order chi connectivity index (χ0) is 15.4. The Hall–Kier alpha value is -2.96. The van der Waals surface area contributed by atoms with Crippen molar-refractivity contribution in [3.05, 3.63) is 57.8 Å². The van der Waals surface area contributed by atoms with Crippen molar-refractivity contribution in [1.82, 2.24) is 4.98 Å². The number of carbonyl (C=O) groups excluding carboxylic acids is 1. The van der Waals surface area contributed by atoms with Crippen LogP contribution in [-0.4, -0.2) is 22.9 Å². The van der Waals surface area contributed by atoms with Crippen LogP contribution in [0.5, 0.6) is 0 Å². The minimum atomic E-state index is -0.473. The summed E-state index contributed by atoms with van der Waals surface area (Å²) in [6, 6.07) is 7.62. The highest BCUT2D eigenvalue weighted by Crippen LogP contribution is 2.21. The Kier molecular flexibility index (Phi) is 4.13. The molecule has 0 aliphatic carbocycles. The average molecular weight is 286 g/mol. The van der Waals surface area contributed by atoms with Gasteiger partial charge < -0.3 is 10.6 Å². The van der Waals surface area contributed by atoms with Gasteiger partial charge in [-0.3, -0.25) is 14.9 Å². The largest absolute Gasteiger partial charge is 0.373 e. The van der Waals surface area contributed by atoms with Gasteiger partial charge in [-0.15, -0.1) is 0 Å². The minimum Gasteiger partial charge on any atom is -0.373 e. The molecular formula is C14H14N4O3. The highest BCUT2D eigenvalue weighted by Gasteiger charge is 2.11. The van der Waals surface area contributed by atoms with Crippen LogP contribution in [0.2, 0.25) is 0 Å². The maximum absolute atomic E-state index is 12.1. The van der Waals surface area contributed by atoms with Crippen LogP contribution >= 0.6 is 0 Å². The van der Waals surface area contributed by atoms with Gasteiger partial charge in [-0.05, 0) is 30.7 Å².